The normalized spacial score (nSPS) is 20.5. The van der Waals surface area contributed by atoms with Gasteiger partial charge in [-0.1, -0.05) is 6.92 Å². The highest BCUT2D eigenvalue weighted by Gasteiger charge is 2.35. The SMILES string of the molecule is CCC(C)(OC)C(=O)N1CCCN(CCCCN)CC1. The number of carbonyl (C=O) groups is 1. The van der Waals surface area contributed by atoms with Crippen LogP contribution in [0, 0.1) is 0 Å². The molecular weight excluding hydrogens is 254 g/mol. The molecule has 1 heterocycles. The van der Waals surface area contributed by atoms with E-state index in [-0.39, 0.29) is 5.91 Å². The molecule has 1 saturated heterocycles. The number of nitrogens with two attached hydrogens (primary N) is 1. The van der Waals surface area contributed by atoms with Crippen molar-refractivity contribution in [2.75, 3.05) is 46.4 Å². The van der Waals surface area contributed by atoms with Gasteiger partial charge in [0.05, 0.1) is 0 Å². The van der Waals surface area contributed by atoms with Gasteiger partial charge in [-0.15, -0.1) is 0 Å². The summed E-state index contributed by atoms with van der Waals surface area (Å²) in [6.45, 7) is 9.42. The summed E-state index contributed by atoms with van der Waals surface area (Å²) in [6, 6.07) is 0. The van der Waals surface area contributed by atoms with Crippen molar-refractivity contribution in [3.05, 3.63) is 0 Å². The fourth-order valence-electron chi connectivity index (χ4n) is 2.59. The number of unbranched alkanes of at least 4 members (excludes halogenated alkanes) is 1. The van der Waals surface area contributed by atoms with Crippen LogP contribution in [-0.2, 0) is 9.53 Å². The maximum absolute atomic E-state index is 12.6. The minimum Gasteiger partial charge on any atom is -0.369 e. The number of carbonyl (C=O) groups excluding carboxylic acids is 1. The number of rotatable bonds is 7. The summed E-state index contributed by atoms with van der Waals surface area (Å²) in [4.78, 5) is 17.0. The Morgan fingerprint density at radius 2 is 2.00 bits per heavy atom. The van der Waals surface area contributed by atoms with Crippen LogP contribution in [0.1, 0.15) is 39.5 Å². The van der Waals surface area contributed by atoms with Gasteiger partial charge in [0.1, 0.15) is 5.60 Å². The molecule has 1 amide bonds. The molecule has 1 rings (SSSR count). The van der Waals surface area contributed by atoms with E-state index in [1.54, 1.807) is 7.11 Å². The van der Waals surface area contributed by atoms with E-state index in [4.69, 9.17) is 10.5 Å². The van der Waals surface area contributed by atoms with Gasteiger partial charge in [-0.05, 0) is 52.2 Å². The van der Waals surface area contributed by atoms with Crippen molar-refractivity contribution < 1.29 is 9.53 Å². The number of hydrogen-bond donors (Lipinski definition) is 1. The predicted molar refractivity (Wildman–Crippen MR) is 81.6 cm³/mol. The van der Waals surface area contributed by atoms with Gasteiger partial charge in [0, 0.05) is 26.7 Å². The minimum absolute atomic E-state index is 0.131. The second kappa shape index (κ2) is 8.60. The van der Waals surface area contributed by atoms with Crippen LogP contribution < -0.4 is 5.73 Å². The lowest BCUT2D eigenvalue weighted by Gasteiger charge is -2.32. The molecule has 0 aromatic rings. The highest BCUT2D eigenvalue weighted by Crippen LogP contribution is 2.19. The molecule has 5 heteroatoms. The van der Waals surface area contributed by atoms with Crippen LogP contribution in [0.3, 0.4) is 0 Å². The fourth-order valence-corrected chi connectivity index (χ4v) is 2.59. The van der Waals surface area contributed by atoms with Crippen LogP contribution in [0.5, 0.6) is 0 Å². The summed E-state index contributed by atoms with van der Waals surface area (Å²) in [5.41, 5.74) is 4.86. The molecule has 0 aromatic heterocycles. The van der Waals surface area contributed by atoms with E-state index in [9.17, 15) is 4.79 Å². The van der Waals surface area contributed by atoms with Gasteiger partial charge in [0.25, 0.3) is 5.91 Å². The maximum Gasteiger partial charge on any atom is 0.254 e. The second-order valence-electron chi connectivity index (χ2n) is 5.77. The minimum atomic E-state index is -0.672. The van der Waals surface area contributed by atoms with Crippen molar-refractivity contribution >= 4 is 5.91 Å². The van der Waals surface area contributed by atoms with Crippen LogP contribution in [0.25, 0.3) is 0 Å². The number of ether oxygens (including phenoxy) is 1. The largest absolute Gasteiger partial charge is 0.369 e. The highest BCUT2D eigenvalue weighted by molar-refractivity contribution is 5.84. The van der Waals surface area contributed by atoms with Crippen LogP contribution >= 0.6 is 0 Å². The van der Waals surface area contributed by atoms with E-state index in [1.807, 2.05) is 18.7 Å². The third kappa shape index (κ3) is 4.72. The zero-order valence-corrected chi connectivity index (χ0v) is 13.4. The predicted octanol–water partition coefficient (Wildman–Crippen LogP) is 1.07. The smallest absolute Gasteiger partial charge is 0.254 e. The molecule has 0 aromatic carbocycles. The van der Waals surface area contributed by atoms with E-state index >= 15 is 0 Å². The second-order valence-corrected chi connectivity index (χ2v) is 5.77. The quantitative estimate of drug-likeness (QED) is 0.711. The zero-order chi connectivity index (χ0) is 15.0. The van der Waals surface area contributed by atoms with Gasteiger partial charge in [0.15, 0.2) is 0 Å². The Morgan fingerprint density at radius 3 is 2.60 bits per heavy atom. The lowest BCUT2D eigenvalue weighted by molar-refractivity contribution is -0.153. The van der Waals surface area contributed by atoms with E-state index in [0.29, 0.717) is 6.42 Å². The molecule has 1 aliphatic heterocycles. The number of hydrogen-bond acceptors (Lipinski definition) is 4. The molecule has 2 N–H and O–H groups in total. The van der Waals surface area contributed by atoms with E-state index in [2.05, 4.69) is 4.90 Å². The van der Waals surface area contributed by atoms with E-state index < -0.39 is 5.60 Å². The Labute approximate surface area is 123 Å². The van der Waals surface area contributed by atoms with Gasteiger partial charge in [-0.2, -0.15) is 0 Å². The molecule has 0 saturated carbocycles. The lowest BCUT2D eigenvalue weighted by atomic mass is 10.0. The molecule has 1 aliphatic rings. The summed E-state index contributed by atoms with van der Waals surface area (Å²) >= 11 is 0. The summed E-state index contributed by atoms with van der Waals surface area (Å²) in [5, 5.41) is 0. The topological polar surface area (TPSA) is 58.8 Å². The van der Waals surface area contributed by atoms with Crippen molar-refractivity contribution in [1.29, 1.82) is 0 Å². The summed E-state index contributed by atoms with van der Waals surface area (Å²) < 4.78 is 5.43. The summed E-state index contributed by atoms with van der Waals surface area (Å²) in [5.74, 6) is 0.131. The monoisotopic (exact) mass is 285 g/mol. The molecule has 0 bridgehead atoms. The average Bonchev–Trinajstić information content (AvgIpc) is 2.71. The van der Waals surface area contributed by atoms with Crippen molar-refractivity contribution in [3.63, 3.8) is 0 Å². The van der Waals surface area contributed by atoms with Crippen molar-refractivity contribution in [1.82, 2.24) is 9.80 Å². The Balaban J connectivity index is 2.49. The van der Waals surface area contributed by atoms with Gasteiger partial charge >= 0.3 is 0 Å². The molecule has 0 spiro atoms. The fraction of sp³-hybridized carbons (Fsp3) is 0.933. The van der Waals surface area contributed by atoms with Crippen LogP contribution in [0.4, 0.5) is 0 Å². The first-order valence-corrected chi connectivity index (χ1v) is 7.84. The average molecular weight is 285 g/mol. The Morgan fingerprint density at radius 1 is 1.25 bits per heavy atom. The van der Waals surface area contributed by atoms with Gasteiger partial charge in [0.2, 0.25) is 0 Å². The highest BCUT2D eigenvalue weighted by atomic mass is 16.5. The molecule has 1 fully saturated rings. The lowest BCUT2D eigenvalue weighted by Crippen LogP contribution is -2.49. The van der Waals surface area contributed by atoms with Crippen molar-refractivity contribution in [2.45, 2.75) is 45.1 Å². The third-order valence-electron chi connectivity index (χ3n) is 4.38. The maximum atomic E-state index is 12.6. The molecule has 20 heavy (non-hydrogen) atoms. The Bertz CT molecular complexity index is 293. The first kappa shape index (κ1) is 17.4. The van der Waals surface area contributed by atoms with Gasteiger partial charge in [-0.3, -0.25) is 4.79 Å². The molecule has 0 aliphatic carbocycles. The van der Waals surface area contributed by atoms with Crippen molar-refractivity contribution in [3.8, 4) is 0 Å². The van der Waals surface area contributed by atoms with Crippen LogP contribution in [-0.4, -0.2) is 67.7 Å². The van der Waals surface area contributed by atoms with E-state index in [1.165, 1.54) is 0 Å². The van der Waals surface area contributed by atoms with Crippen LogP contribution in [0.2, 0.25) is 0 Å². The molecule has 1 unspecified atom stereocenters. The van der Waals surface area contributed by atoms with Gasteiger partial charge in [-0.25, -0.2) is 0 Å². The summed E-state index contributed by atoms with van der Waals surface area (Å²) in [6.07, 6.45) is 3.98. The molecule has 5 nitrogen and oxygen atoms in total. The zero-order valence-electron chi connectivity index (χ0n) is 13.4. The molecular formula is C15H31N3O2. The molecule has 0 radical (unpaired) electrons. The number of amides is 1. The molecule has 1 atom stereocenters. The van der Waals surface area contributed by atoms with Gasteiger partial charge < -0.3 is 20.3 Å². The third-order valence-corrected chi connectivity index (χ3v) is 4.38. The first-order valence-electron chi connectivity index (χ1n) is 7.84. The Hall–Kier alpha value is -0.650. The standard InChI is InChI=1S/C15H31N3O2/c1-4-15(2,20-3)14(19)18-11-7-10-17(12-13-18)9-6-5-8-16/h4-13,16H2,1-3H3. The van der Waals surface area contributed by atoms with Crippen molar-refractivity contribution in [2.24, 2.45) is 5.73 Å². The number of nitrogens with zero attached hydrogens (tertiary/aromatic N) is 2. The number of methoxy groups -OCH3 is 1. The Kier molecular flexibility index (Phi) is 7.48. The van der Waals surface area contributed by atoms with Crippen LogP contribution in [0.15, 0.2) is 0 Å². The van der Waals surface area contributed by atoms with E-state index in [0.717, 1.165) is 58.5 Å². The first-order chi connectivity index (χ1) is 9.57. The summed E-state index contributed by atoms with van der Waals surface area (Å²) in [7, 11) is 1.62. The molecule has 118 valence electrons.